The van der Waals surface area contributed by atoms with Crippen LogP contribution in [0.25, 0.3) is 0 Å². The van der Waals surface area contributed by atoms with E-state index in [1.165, 1.54) is 23.9 Å². The predicted molar refractivity (Wildman–Crippen MR) is 119 cm³/mol. The molecule has 2 heterocycles. The third-order valence-corrected chi connectivity index (χ3v) is 6.17. The van der Waals surface area contributed by atoms with Crippen molar-refractivity contribution in [3.8, 4) is 0 Å². The number of nitrogens with two attached hydrogens (primary N) is 1. The van der Waals surface area contributed by atoms with Crippen LogP contribution in [0.3, 0.4) is 0 Å². The van der Waals surface area contributed by atoms with Crippen LogP contribution in [0.5, 0.6) is 0 Å². The van der Waals surface area contributed by atoms with Crippen LogP contribution < -0.4 is 16.4 Å². The monoisotopic (exact) mass is 440 g/mol. The summed E-state index contributed by atoms with van der Waals surface area (Å²) in [5.41, 5.74) is 8.19. The summed E-state index contributed by atoms with van der Waals surface area (Å²) < 4.78 is 19.0. The first-order valence-corrected chi connectivity index (χ1v) is 10.6. The number of hydrogen-bond donors (Lipinski definition) is 3. The highest BCUT2D eigenvalue weighted by Crippen LogP contribution is 2.41. The highest BCUT2D eigenvalue weighted by Gasteiger charge is 2.38. The van der Waals surface area contributed by atoms with Gasteiger partial charge >= 0.3 is 0 Å². The molecular weight excluding hydrogens is 419 g/mol. The standard InChI is InChI=1S/C22H21FN4O3S/c1-12(24)19(28)25-15-7-5-13(6-8-15)18-20(29)27-22(31-18)17-9-10-30-21(17)26-16-4-2-3-14(23)11-16/h2-9,11-12,18,22H,10,24H2,1H3,(H,25,28)(H,27,29)/t12-,18?,22?/m0/s1. The van der Waals surface area contributed by atoms with E-state index >= 15 is 0 Å². The summed E-state index contributed by atoms with van der Waals surface area (Å²) in [6.45, 7) is 1.95. The first kappa shape index (κ1) is 21.1. The van der Waals surface area contributed by atoms with Crippen molar-refractivity contribution in [2.75, 3.05) is 11.9 Å². The summed E-state index contributed by atoms with van der Waals surface area (Å²) in [5.74, 6) is -0.410. The minimum Gasteiger partial charge on any atom is -0.473 e. The molecule has 2 unspecified atom stereocenters. The Morgan fingerprint density at radius 1 is 1.32 bits per heavy atom. The number of carbonyl (C=O) groups is 2. The molecule has 2 amide bonds. The van der Waals surface area contributed by atoms with Crippen LogP contribution in [0.2, 0.25) is 0 Å². The predicted octanol–water partition coefficient (Wildman–Crippen LogP) is 3.03. The van der Waals surface area contributed by atoms with Gasteiger partial charge in [-0.15, -0.1) is 11.8 Å². The van der Waals surface area contributed by atoms with E-state index in [9.17, 15) is 14.0 Å². The van der Waals surface area contributed by atoms with Crippen LogP contribution in [0.1, 0.15) is 17.7 Å². The second kappa shape index (κ2) is 8.91. The van der Waals surface area contributed by atoms with E-state index in [1.54, 1.807) is 43.3 Å². The van der Waals surface area contributed by atoms with Crippen molar-refractivity contribution in [2.24, 2.45) is 10.7 Å². The van der Waals surface area contributed by atoms with Gasteiger partial charge in [-0.05, 0) is 48.9 Å². The molecule has 7 nitrogen and oxygen atoms in total. The molecule has 1 fully saturated rings. The lowest BCUT2D eigenvalue weighted by molar-refractivity contribution is -0.120. The number of carbonyl (C=O) groups excluding carboxylic acids is 2. The Balaban J connectivity index is 1.47. The lowest BCUT2D eigenvalue weighted by Gasteiger charge is -2.12. The van der Waals surface area contributed by atoms with Gasteiger partial charge < -0.3 is 21.1 Å². The smallest absolute Gasteiger partial charge is 0.240 e. The van der Waals surface area contributed by atoms with Gasteiger partial charge in [0.1, 0.15) is 23.0 Å². The van der Waals surface area contributed by atoms with Gasteiger partial charge in [-0.1, -0.05) is 18.2 Å². The summed E-state index contributed by atoms with van der Waals surface area (Å²) in [4.78, 5) is 28.7. The van der Waals surface area contributed by atoms with Crippen molar-refractivity contribution >= 4 is 40.8 Å². The van der Waals surface area contributed by atoms with E-state index in [4.69, 9.17) is 10.5 Å². The highest BCUT2D eigenvalue weighted by atomic mass is 32.2. The average molecular weight is 441 g/mol. The molecule has 1 saturated heterocycles. The molecule has 31 heavy (non-hydrogen) atoms. The average Bonchev–Trinajstić information content (AvgIpc) is 3.35. The molecule has 160 valence electrons. The second-order valence-corrected chi connectivity index (χ2v) is 8.39. The Morgan fingerprint density at radius 2 is 2.10 bits per heavy atom. The molecule has 0 radical (unpaired) electrons. The molecule has 3 atom stereocenters. The van der Waals surface area contributed by atoms with E-state index in [0.717, 1.165) is 11.1 Å². The number of hydrogen-bond acceptors (Lipinski definition) is 6. The fourth-order valence-corrected chi connectivity index (χ4v) is 4.48. The minimum atomic E-state index is -0.609. The molecule has 0 spiro atoms. The molecule has 0 aromatic heterocycles. The molecule has 4 rings (SSSR count). The topological polar surface area (TPSA) is 106 Å². The number of anilines is 1. The maximum atomic E-state index is 13.5. The van der Waals surface area contributed by atoms with Gasteiger partial charge in [-0.2, -0.15) is 0 Å². The lowest BCUT2D eigenvalue weighted by atomic mass is 10.1. The maximum absolute atomic E-state index is 13.5. The second-order valence-electron chi connectivity index (χ2n) is 7.17. The van der Waals surface area contributed by atoms with Crippen LogP contribution in [0.4, 0.5) is 15.8 Å². The largest absolute Gasteiger partial charge is 0.473 e. The first-order valence-electron chi connectivity index (χ1n) is 9.70. The first-order chi connectivity index (χ1) is 14.9. The van der Waals surface area contributed by atoms with Gasteiger partial charge in [0.05, 0.1) is 11.7 Å². The van der Waals surface area contributed by atoms with E-state index in [2.05, 4.69) is 15.6 Å². The summed E-state index contributed by atoms with van der Waals surface area (Å²) in [6, 6.07) is 12.4. The van der Waals surface area contributed by atoms with Gasteiger partial charge in [0, 0.05) is 11.3 Å². The molecule has 4 N–H and O–H groups in total. The van der Waals surface area contributed by atoms with Crippen LogP contribution >= 0.6 is 11.8 Å². The molecular formula is C22H21FN4O3S. The Bertz CT molecular complexity index is 1070. The van der Waals surface area contributed by atoms with Crippen molar-refractivity contribution in [2.45, 2.75) is 23.6 Å². The van der Waals surface area contributed by atoms with Gasteiger partial charge in [0.2, 0.25) is 17.7 Å². The summed E-state index contributed by atoms with van der Waals surface area (Å²) >= 11 is 1.44. The van der Waals surface area contributed by atoms with E-state index in [1.807, 2.05) is 6.08 Å². The lowest BCUT2D eigenvalue weighted by Crippen LogP contribution is -2.32. The molecule has 2 aromatic carbocycles. The molecule has 2 aliphatic heterocycles. The highest BCUT2D eigenvalue weighted by molar-refractivity contribution is 8.01. The number of nitrogens with one attached hydrogen (secondary N) is 2. The summed E-state index contributed by atoms with van der Waals surface area (Å²) in [7, 11) is 0. The molecule has 0 saturated carbocycles. The fraction of sp³-hybridized carbons (Fsp3) is 0.227. The van der Waals surface area contributed by atoms with Gasteiger partial charge in [-0.25, -0.2) is 9.38 Å². The Morgan fingerprint density at radius 3 is 2.81 bits per heavy atom. The number of rotatable bonds is 5. The third kappa shape index (κ3) is 4.78. The Kier molecular flexibility index (Phi) is 6.06. The zero-order valence-electron chi connectivity index (χ0n) is 16.7. The Hall–Kier alpha value is -3.17. The number of ether oxygens (including phenoxy) is 1. The molecule has 2 aromatic rings. The number of nitrogens with zero attached hydrogens (tertiary/aromatic N) is 1. The normalized spacial score (nSPS) is 22.6. The van der Waals surface area contributed by atoms with Crippen LogP contribution in [0.15, 0.2) is 65.2 Å². The number of amides is 2. The van der Waals surface area contributed by atoms with Gasteiger partial charge in [0.25, 0.3) is 0 Å². The van der Waals surface area contributed by atoms with Crippen molar-refractivity contribution in [1.82, 2.24) is 5.32 Å². The number of halogens is 1. The SMILES string of the molecule is C[C@H](N)C(=O)Nc1ccc(C2SC(C3=CCOC3=Nc3cccc(F)c3)NC2=O)cc1. The molecule has 0 bridgehead atoms. The molecule has 9 heteroatoms. The molecule has 0 aliphatic carbocycles. The fourth-order valence-electron chi connectivity index (χ4n) is 3.18. The van der Waals surface area contributed by atoms with E-state index in [-0.39, 0.29) is 23.0 Å². The van der Waals surface area contributed by atoms with E-state index < -0.39 is 11.3 Å². The number of aliphatic imine (C=N–C) groups is 1. The van der Waals surface area contributed by atoms with Gasteiger partial charge in [0.15, 0.2) is 0 Å². The zero-order chi connectivity index (χ0) is 22.0. The van der Waals surface area contributed by atoms with Crippen LogP contribution in [0, 0.1) is 5.82 Å². The van der Waals surface area contributed by atoms with Crippen molar-refractivity contribution in [1.29, 1.82) is 0 Å². The third-order valence-electron chi connectivity index (χ3n) is 4.77. The number of thioether (sulfide) groups is 1. The molecule has 2 aliphatic rings. The Labute approximate surface area is 182 Å². The number of benzene rings is 2. The zero-order valence-corrected chi connectivity index (χ0v) is 17.5. The van der Waals surface area contributed by atoms with Crippen LogP contribution in [-0.2, 0) is 14.3 Å². The van der Waals surface area contributed by atoms with Crippen molar-refractivity contribution in [3.63, 3.8) is 0 Å². The van der Waals surface area contributed by atoms with Gasteiger partial charge in [-0.3, -0.25) is 9.59 Å². The summed E-state index contributed by atoms with van der Waals surface area (Å²) in [6.07, 6.45) is 1.87. The van der Waals surface area contributed by atoms with Crippen LogP contribution in [-0.4, -0.2) is 35.7 Å². The van der Waals surface area contributed by atoms with Crippen molar-refractivity contribution < 1.29 is 18.7 Å². The minimum absolute atomic E-state index is 0.125. The maximum Gasteiger partial charge on any atom is 0.240 e. The summed E-state index contributed by atoms with van der Waals surface area (Å²) in [5, 5.41) is 4.94. The van der Waals surface area contributed by atoms with E-state index in [0.29, 0.717) is 23.9 Å². The van der Waals surface area contributed by atoms with Crippen molar-refractivity contribution in [3.05, 3.63) is 71.6 Å². The quantitative estimate of drug-likeness (QED) is 0.663.